The maximum atomic E-state index is 13.5. The van der Waals surface area contributed by atoms with Gasteiger partial charge in [-0.15, -0.1) is 11.3 Å². The summed E-state index contributed by atoms with van der Waals surface area (Å²) in [5.41, 5.74) is 2.13. The van der Waals surface area contributed by atoms with E-state index in [0.29, 0.717) is 18.0 Å². The first-order chi connectivity index (χ1) is 19.5. The fraction of sp³-hybridized carbons (Fsp3) is 0.345. The van der Waals surface area contributed by atoms with Crippen molar-refractivity contribution < 1.29 is 27.5 Å². The summed E-state index contributed by atoms with van der Waals surface area (Å²) in [5, 5.41) is 5.36. The molecule has 0 fully saturated rings. The van der Waals surface area contributed by atoms with Crippen LogP contribution in [-0.2, 0) is 34.3 Å². The lowest BCUT2D eigenvalue weighted by atomic mass is 10.0. The van der Waals surface area contributed by atoms with Gasteiger partial charge in [0.05, 0.1) is 17.1 Å². The minimum absolute atomic E-state index is 0.0720. The zero-order valence-electron chi connectivity index (χ0n) is 23.5. The number of hydrogen-bond acceptors (Lipinski definition) is 8. The van der Waals surface area contributed by atoms with Crippen molar-refractivity contribution in [2.75, 3.05) is 25.5 Å². The van der Waals surface area contributed by atoms with Gasteiger partial charge >= 0.3 is 6.09 Å². The second-order valence-corrected chi connectivity index (χ2v) is 13.0. The van der Waals surface area contributed by atoms with Crippen LogP contribution < -0.4 is 10.6 Å². The molecule has 1 aliphatic rings. The number of thiophene rings is 1. The van der Waals surface area contributed by atoms with Crippen molar-refractivity contribution in [1.29, 1.82) is 0 Å². The van der Waals surface area contributed by atoms with Crippen molar-refractivity contribution in [3.63, 3.8) is 0 Å². The Kier molecular flexibility index (Phi) is 9.59. The normalized spacial score (nSPS) is 13.6. The van der Waals surface area contributed by atoms with Gasteiger partial charge in [-0.3, -0.25) is 14.9 Å². The Morgan fingerprint density at radius 1 is 1.05 bits per heavy atom. The Morgan fingerprint density at radius 3 is 2.37 bits per heavy atom. The number of sulfonamides is 1. The number of benzene rings is 2. The molecule has 218 valence electrons. The SMILES string of the molecule is CCOC(=O)NC(=O)c1c(NC(=O)c2ccc(S(=O)(=O)N(Cc3ccccc3)C(C)C)cc2)sc2c1CCN(C)C2. The summed E-state index contributed by atoms with van der Waals surface area (Å²) >= 11 is 1.28. The van der Waals surface area contributed by atoms with E-state index in [1.807, 2.05) is 51.2 Å². The predicted octanol–water partition coefficient (Wildman–Crippen LogP) is 4.47. The Bertz CT molecular complexity index is 1520. The van der Waals surface area contributed by atoms with E-state index in [0.717, 1.165) is 22.5 Å². The number of hydrogen-bond donors (Lipinski definition) is 2. The molecule has 10 nitrogen and oxygen atoms in total. The standard InChI is InChI=1S/C29H34N4O6S2/c1-5-39-29(36)31-27(35)25-23-15-16-32(4)18-24(23)40-28(25)30-26(34)21-11-13-22(14-12-21)41(37,38)33(19(2)3)17-20-9-7-6-8-10-20/h6-14,19H,5,15-18H2,1-4H3,(H,30,34)(H,31,35,36). The zero-order valence-corrected chi connectivity index (χ0v) is 25.1. The molecule has 0 saturated heterocycles. The Morgan fingerprint density at radius 2 is 1.73 bits per heavy atom. The maximum absolute atomic E-state index is 13.5. The van der Waals surface area contributed by atoms with Crippen LogP contribution in [0.1, 0.15) is 57.5 Å². The highest BCUT2D eigenvalue weighted by Gasteiger charge is 2.30. The third-order valence-electron chi connectivity index (χ3n) is 6.67. The van der Waals surface area contributed by atoms with Crippen molar-refractivity contribution in [3.8, 4) is 0 Å². The molecule has 1 aliphatic heterocycles. The first kappa shape index (κ1) is 30.4. The third-order valence-corrected chi connectivity index (χ3v) is 9.84. The first-order valence-electron chi connectivity index (χ1n) is 13.3. The smallest absolute Gasteiger partial charge is 0.414 e. The van der Waals surface area contributed by atoms with Crippen molar-refractivity contribution in [2.45, 2.75) is 51.2 Å². The number of alkyl carbamates (subject to hydrolysis) is 1. The molecule has 2 N–H and O–H groups in total. The summed E-state index contributed by atoms with van der Waals surface area (Å²) in [6, 6.07) is 14.8. The molecule has 0 saturated carbocycles. The molecule has 2 aromatic carbocycles. The van der Waals surface area contributed by atoms with Crippen LogP contribution in [0, 0.1) is 0 Å². The fourth-order valence-corrected chi connectivity index (χ4v) is 7.52. The molecule has 0 spiro atoms. The summed E-state index contributed by atoms with van der Waals surface area (Å²) in [7, 11) is -1.87. The van der Waals surface area contributed by atoms with E-state index in [9.17, 15) is 22.8 Å². The highest BCUT2D eigenvalue weighted by atomic mass is 32.2. The van der Waals surface area contributed by atoms with Gasteiger partial charge in [-0.05, 0) is 69.6 Å². The zero-order chi connectivity index (χ0) is 29.7. The monoisotopic (exact) mass is 598 g/mol. The van der Waals surface area contributed by atoms with Crippen molar-refractivity contribution in [1.82, 2.24) is 14.5 Å². The summed E-state index contributed by atoms with van der Waals surface area (Å²) in [4.78, 5) is 41.3. The number of fused-ring (bicyclic) bond motifs is 1. The van der Waals surface area contributed by atoms with Gasteiger partial charge in [0, 0.05) is 36.1 Å². The maximum Gasteiger partial charge on any atom is 0.414 e. The lowest BCUT2D eigenvalue weighted by Gasteiger charge is -2.26. The van der Waals surface area contributed by atoms with Gasteiger partial charge < -0.3 is 15.0 Å². The lowest BCUT2D eigenvalue weighted by molar-refractivity contribution is 0.0924. The first-order valence-corrected chi connectivity index (χ1v) is 15.5. The van der Waals surface area contributed by atoms with Crippen LogP contribution >= 0.6 is 11.3 Å². The molecule has 41 heavy (non-hydrogen) atoms. The van der Waals surface area contributed by atoms with Crippen molar-refractivity contribution in [2.24, 2.45) is 0 Å². The van der Waals surface area contributed by atoms with Gasteiger partial charge in [0.15, 0.2) is 0 Å². The van der Waals surface area contributed by atoms with Crippen LogP contribution in [-0.4, -0.2) is 61.8 Å². The number of carbonyl (C=O) groups is 3. The number of nitrogens with zero attached hydrogens (tertiary/aromatic N) is 2. The van der Waals surface area contributed by atoms with Crippen LogP contribution in [0.25, 0.3) is 0 Å². The van der Waals surface area contributed by atoms with Gasteiger partial charge in [0.1, 0.15) is 5.00 Å². The van der Waals surface area contributed by atoms with Crippen LogP contribution in [0.4, 0.5) is 9.80 Å². The summed E-state index contributed by atoms with van der Waals surface area (Å²) in [6.07, 6.45) is -0.270. The number of rotatable bonds is 9. The quantitative estimate of drug-likeness (QED) is 0.372. The van der Waals surface area contributed by atoms with Crippen LogP contribution in [0.15, 0.2) is 59.5 Å². The summed E-state index contributed by atoms with van der Waals surface area (Å²) in [6.45, 7) is 6.94. The molecule has 3 amide bonds. The number of carbonyl (C=O) groups excluding carboxylic acids is 3. The molecular weight excluding hydrogens is 564 g/mol. The van der Waals surface area contributed by atoms with E-state index in [4.69, 9.17) is 4.74 Å². The van der Waals surface area contributed by atoms with E-state index in [1.165, 1.54) is 39.9 Å². The molecule has 0 atom stereocenters. The summed E-state index contributed by atoms with van der Waals surface area (Å²) in [5.74, 6) is -1.15. The number of anilines is 1. The second kappa shape index (κ2) is 12.9. The molecule has 0 aliphatic carbocycles. The lowest BCUT2D eigenvalue weighted by Crippen LogP contribution is -2.36. The fourth-order valence-electron chi connectivity index (χ4n) is 4.58. The van der Waals surface area contributed by atoms with Crippen LogP contribution in [0.5, 0.6) is 0 Å². The molecule has 3 aromatic rings. The molecule has 12 heteroatoms. The minimum atomic E-state index is -3.84. The molecule has 2 heterocycles. The largest absolute Gasteiger partial charge is 0.450 e. The van der Waals surface area contributed by atoms with Gasteiger partial charge in [-0.2, -0.15) is 4.31 Å². The molecule has 4 rings (SSSR count). The van der Waals surface area contributed by atoms with Gasteiger partial charge in [-0.25, -0.2) is 13.2 Å². The molecule has 1 aromatic heterocycles. The van der Waals surface area contributed by atoms with Crippen LogP contribution in [0.2, 0.25) is 0 Å². The Labute approximate surface area is 244 Å². The average molecular weight is 599 g/mol. The highest BCUT2D eigenvalue weighted by molar-refractivity contribution is 7.89. The topological polar surface area (TPSA) is 125 Å². The Hall–Kier alpha value is -3.58. The third kappa shape index (κ3) is 7.02. The molecular formula is C29H34N4O6S2. The van der Waals surface area contributed by atoms with Crippen molar-refractivity contribution in [3.05, 3.63) is 81.7 Å². The van der Waals surface area contributed by atoms with Gasteiger partial charge in [0.25, 0.3) is 11.8 Å². The van der Waals surface area contributed by atoms with E-state index in [-0.39, 0.29) is 35.2 Å². The molecule has 0 bridgehead atoms. The van der Waals surface area contributed by atoms with E-state index in [1.54, 1.807) is 6.92 Å². The number of amides is 3. The van der Waals surface area contributed by atoms with Crippen LogP contribution in [0.3, 0.4) is 0 Å². The van der Waals surface area contributed by atoms with Gasteiger partial charge in [0.2, 0.25) is 10.0 Å². The highest BCUT2D eigenvalue weighted by Crippen LogP contribution is 2.37. The number of ether oxygens (including phenoxy) is 1. The predicted molar refractivity (Wildman–Crippen MR) is 158 cm³/mol. The van der Waals surface area contributed by atoms with Gasteiger partial charge in [-0.1, -0.05) is 30.3 Å². The number of likely N-dealkylation sites (N-methyl/N-ethyl adjacent to an activating group) is 1. The average Bonchev–Trinajstić information content (AvgIpc) is 3.29. The minimum Gasteiger partial charge on any atom is -0.450 e. The molecule has 0 unspecified atom stereocenters. The Balaban J connectivity index is 1.56. The number of imide groups is 1. The van der Waals surface area contributed by atoms with Crippen molar-refractivity contribution >= 4 is 44.3 Å². The summed E-state index contributed by atoms with van der Waals surface area (Å²) < 4.78 is 33.2. The second-order valence-electron chi connectivity index (χ2n) is 9.98. The van der Waals surface area contributed by atoms with E-state index in [2.05, 4.69) is 15.5 Å². The van der Waals surface area contributed by atoms with E-state index < -0.39 is 27.9 Å². The molecule has 0 radical (unpaired) electrons. The number of nitrogens with one attached hydrogen (secondary N) is 2. The van der Waals surface area contributed by atoms with E-state index >= 15 is 0 Å².